The molecule has 2 heterocycles. The molecular formula is C22H19N3OS. The summed E-state index contributed by atoms with van der Waals surface area (Å²) < 4.78 is 2.24. The van der Waals surface area contributed by atoms with E-state index in [9.17, 15) is 4.79 Å². The Labute approximate surface area is 162 Å². The van der Waals surface area contributed by atoms with Gasteiger partial charge in [0.05, 0.1) is 17.0 Å². The van der Waals surface area contributed by atoms with Crippen molar-refractivity contribution in [2.24, 2.45) is 0 Å². The molecule has 0 aliphatic carbocycles. The van der Waals surface area contributed by atoms with Crippen molar-refractivity contribution in [2.75, 3.05) is 11.6 Å². The zero-order valence-corrected chi connectivity index (χ0v) is 15.7. The van der Waals surface area contributed by atoms with Crippen LogP contribution in [0.3, 0.4) is 0 Å². The highest BCUT2D eigenvalue weighted by molar-refractivity contribution is 7.98. The first-order valence-corrected chi connectivity index (χ1v) is 9.91. The van der Waals surface area contributed by atoms with Crippen LogP contribution < -0.4 is 5.32 Å². The van der Waals surface area contributed by atoms with E-state index in [4.69, 9.17) is 0 Å². The van der Waals surface area contributed by atoms with Gasteiger partial charge in [0.2, 0.25) is 5.91 Å². The molecule has 1 N–H and O–H groups in total. The number of fused-ring (bicyclic) bond motifs is 1. The highest BCUT2D eigenvalue weighted by Gasteiger charge is 2.10. The fraction of sp³-hybridized carbons (Fsp3) is 0.0909. The molecule has 27 heavy (non-hydrogen) atoms. The number of carbonyl (C=O) groups excluding carboxylic acids is 1. The Morgan fingerprint density at radius 2 is 1.89 bits per heavy atom. The SMILES string of the molecule is CSc1cc2ccccc2n1-c1ccc(NC(=O)Cc2cccnc2)cc1. The van der Waals surface area contributed by atoms with Crippen molar-refractivity contribution in [2.45, 2.75) is 11.4 Å². The van der Waals surface area contributed by atoms with Gasteiger partial charge in [0.25, 0.3) is 0 Å². The molecule has 2 aromatic carbocycles. The molecule has 0 spiro atoms. The highest BCUT2D eigenvalue weighted by Crippen LogP contribution is 2.30. The van der Waals surface area contributed by atoms with Crippen LogP contribution in [0.25, 0.3) is 16.6 Å². The van der Waals surface area contributed by atoms with Crippen molar-refractivity contribution in [1.82, 2.24) is 9.55 Å². The van der Waals surface area contributed by atoms with Crippen molar-refractivity contribution in [3.05, 3.63) is 84.7 Å². The second kappa shape index (κ2) is 7.68. The van der Waals surface area contributed by atoms with Crippen molar-refractivity contribution in [3.8, 4) is 5.69 Å². The Morgan fingerprint density at radius 3 is 2.63 bits per heavy atom. The second-order valence-corrected chi connectivity index (χ2v) is 7.04. The number of aromatic nitrogens is 2. The maximum Gasteiger partial charge on any atom is 0.228 e. The molecule has 4 aromatic rings. The lowest BCUT2D eigenvalue weighted by Crippen LogP contribution is -2.14. The van der Waals surface area contributed by atoms with E-state index in [1.807, 2.05) is 36.4 Å². The molecule has 0 saturated heterocycles. The summed E-state index contributed by atoms with van der Waals surface area (Å²) in [5.41, 5.74) is 3.94. The van der Waals surface area contributed by atoms with Crippen molar-refractivity contribution < 1.29 is 4.79 Å². The van der Waals surface area contributed by atoms with E-state index >= 15 is 0 Å². The first-order valence-electron chi connectivity index (χ1n) is 8.68. The van der Waals surface area contributed by atoms with Crippen LogP contribution in [0.15, 0.2) is 84.1 Å². The maximum absolute atomic E-state index is 12.2. The van der Waals surface area contributed by atoms with E-state index in [1.165, 1.54) is 15.9 Å². The summed E-state index contributed by atoms with van der Waals surface area (Å²) in [4.78, 5) is 16.3. The standard InChI is InChI=1S/C22H19N3OS/c1-27-22-14-17-6-2-3-7-20(17)25(22)19-10-8-18(9-11-19)24-21(26)13-16-5-4-12-23-15-16/h2-12,14-15H,13H2,1H3,(H,24,26). The van der Waals surface area contributed by atoms with E-state index in [-0.39, 0.29) is 5.91 Å². The molecule has 0 atom stereocenters. The third-order valence-electron chi connectivity index (χ3n) is 4.38. The molecule has 0 radical (unpaired) electrons. The number of carbonyl (C=O) groups is 1. The van der Waals surface area contributed by atoms with Crippen LogP contribution in [0.4, 0.5) is 5.69 Å². The smallest absolute Gasteiger partial charge is 0.228 e. The maximum atomic E-state index is 12.2. The summed E-state index contributed by atoms with van der Waals surface area (Å²) in [7, 11) is 0. The first-order chi connectivity index (χ1) is 13.2. The lowest BCUT2D eigenvalue weighted by atomic mass is 10.2. The minimum atomic E-state index is -0.0491. The second-order valence-electron chi connectivity index (χ2n) is 6.21. The number of para-hydroxylation sites is 1. The topological polar surface area (TPSA) is 46.9 Å². The minimum absolute atomic E-state index is 0.0491. The Balaban J connectivity index is 1.55. The van der Waals surface area contributed by atoms with Crippen LogP contribution in [0.5, 0.6) is 0 Å². The van der Waals surface area contributed by atoms with E-state index in [2.05, 4.69) is 51.5 Å². The summed E-state index contributed by atoms with van der Waals surface area (Å²) in [6.45, 7) is 0. The number of anilines is 1. The number of amides is 1. The van der Waals surface area contributed by atoms with E-state index in [0.29, 0.717) is 6.42 Å². The number of thioether (sulfide) groups is 1. The average molecular weight is 373 g/mol. The van der Waals surface area contributed by atoms with E-state index < -0.39 is 0 Å². The molecule has 1 amide bonds. The molecule has 0 aliphatic heterocycles. The van der Waals surface area contributed by atoms with Gasteiger partial charge < -0.3 is 9.88 Å². The third-order valence-corrected chi connectivity index (χ3v) is 5.10. The first kappa shape index (κ1) is 17.4. The number of hydrogen-bond acceptors (Lipinski definition) is 3. The molecule has 0 aliphatic rings. The van der Waals surface area contributed by atoms with Gasteiger partial charge in [0.1, 0.15) is 0 Å². The van der Waals surface area contributed by atoms with Gasteiger partial charge in [-0.2, -0.15) is 0 Å². The van der Waals surface area contributed by atoms with Gasteiger partial charge in [-0.1, -0.05) is 24.3 Å². The molecule has 4 nitrogen and oxygen atoms in total. The number of rotatable bonds is 5. The van der Waals surface area contributed by atoms with Crippen molar-refractivity contribution in [3.63, 3.8) is 0 Å². The Hall–Kier alpha value is -3.05. The van der Waals surface area contributed by atoms with Gasteiger partial charge in [-0.25, -0.2) is 0 Å². The Bertz CT molecular complexity index is 1070. The van der Waals surface area contributed by atoms with Crippen LogP contribution >= 0.6 is 11.8 Å². The molecule has 4 rings (SSSR count). The summed E-state index contributed by atoms with van der Waals surface area (Å²) in [5, 5.41) is 5.35. The summed E-state index contributed by atoms with van der Waals surface area (Å²) >= 11 is 1.72. The van der Waals surface area contributed by atoms with Crippen molar-refractivity contribution in [1.29, 1.82) is 0 Å². The van der Waals surface area contributed by atoms with Gasteiger partial charge >= 0.3 is 0 Å². The molecule has 0 unspecified atom stereocenters. The van der Waals surface area contributed by atoms with Crippen LogP contribution in [-0.4, -0.2) is 21.7 Å². The van der Waals surface area contributed by atoms with Crippen molar-refractivity contribution >= 4 is 34.3 Å². The molecule has 2 aromatic heterocycles. The quantitative estimate of drug-likeness (QED) is 0.505. The van der Waals surface area contributed by atoms with Crippen LogP contribution in [0.2, 0.25) is 0 Å². The molecular weight excluding hydrogens is 354 g/mol. The molecule has 5 heteroatoms. The average Bonchev–Trinajstić information content (AvgIpc) is 3.08. The third kappa shape index (κ3) is 3.73. The van der Waals surface area contributed by atoms with Gasteiger partial charge in [0.15, 0.2) is 0 Å². The zero-order chi connectivity index (χ0) is 18.6. The number of hydrogen-bond donors (Lipinski definition) is 1. The van der Waals surface area contributed by atoms with Crippen LogP contribution in [0, 0.1) is 0 Å². The Kier molecular flexibility index (Phi) is 4.94. The predicted molar refractivity (Wildman–Crippen MR) is 112 cm³/mol. The monoisotopic (exact) mass is 373 g/mol. The number of nitrogens with one attached hydrogen (secondary N) is 1. The molecule has 0 bridgehead atoms. The minimum Gasteiger partial charge on any atom is -0.326 e. The fourth-order valence-corrected chi connectivity index (χ4v) is 3.76. The molecule has 134 valence electrons. The fourth-order valence-electron chi connectivity index (χ4n) is 3.13. The lowest BCUT2D eigenvalue weighted by Gasteiger charge is -2.11. The highest BCUT2D eigenvalue weighted by atomic mass is 32.2. The van der Waals surface area contributed by atoms with E-state index in [0.717, 1.165) is 16.9 Å². The van der Waals surface area contributed by atoms with Gasteiger partial charge in [-0.15, -0.1) is 11.8 Å². The number of benzene rings is 2. The van der Waals surface area contributed by atoms with Gasteiger partial charge in [-0.3, -0.25) is 9.78 Å². The number of nitrogens with zero attached hydrogens (tertiary/aromatic N) is 2. The largest absolute Gasteiger partial charge is 0.326 e. The normalized spacial score (nSPS) is 10.9. The van der Waals surface area contributed by atoms with Crippen LogP contribution in [-0.2, 0) is 11.2 Å². The van der Waals surface area contributed by atoms with Gasteiger partial charge in [0, 0.05) is 29.2 Å². The van der Waals surface area contributed by atoms with Gasteiger partial charge in [-0.05, 0) is 54.3 Å². The predicted octanol–water partition coefficient (Wildman–Crippen LogP) is 4.93. The lowest BCUT2D eigenvalue weighted by molar-refractivity contribution is -0.115. The number of pyridine rings is 1. The zero-order valence-electron chi connectivity index (χ0n) is 14.9. The molecule has 0 saturated carbocycles. The Morgan fingerprint density at radius 1 is 1.07 bits per heavy atom. The van der Waals surface area contributed by atoms with Crippen LogP contribution in [0.1, 0.15) is 5.56 Å². The van der Waals surface area contributed by atoms with E-state index in [1.54, 1.807) is 24.2 Å². The summed E-state index contributed by atoms with van der Waals surface area (Å²) in [5.74, 6) is -0.0491. The molecule has 0 fully saturated rings. The summed E-state index contributed by atoms with van der Waals surface area (Å²) in [6.07, 6.45) is 5.81. The summed E-state index contributed by atoms with van der Waals surface area (Å²) in [6, 6.07) is 22.2.